The number of likely N-dealkylation sites (N-methyl/N-ethyl adjacent to an activating group) is 1. The van der Waals surface area contributed by atoms with Crippen LogP contribution in [0.2, 0.25) is 0 Å². The van der Waals surface area contributed by atoms with E-state index in [-0.39, 0.29) is 17.9 Å². The minimum absolute atomic E-state index is 0.0284. The van der Waals surface area contributed by atoms with Gasteiger partial charge in [-0.15, -0.1) is 0 Å². The molecule has 7 heteroatoms. The summed E-state index contributed by atoms with van der Waals surface area (Å²) in [5.74, 6) is -0.180. The highest BCUT2D eigenvalue weighted by molar-refractivity contribution is 6.36. The summed E-state index contributed by atoms with van der Waals surface area (Å²) in [5.41, 5.74) is 8.60. The van der Waals surface area contributed by atoms with Gasteiger partial charge < -0.3 is 25.2 Å². The van der Waals surface area contributed by atoms with Crippen molar-refractivity contribution in [1.82, 2.24) is 14.8 Å². The van der Waals surface area contributed by atoms with Crippen LogP contribution in [-0.4, -0.2) is 71.5 Å². The Morgan fingerprint density at radius 2 is 1.87 bits per heavy atom. The third-order valence-corrected chi connectivity index (χ3v) is 7.64. The lowest BCUT2D eigenvalue weighted by molar-refractivity contribution is -0.110. The van der Waals surface area contributed by atoms with Crippen molar-refractivity contribution in [2.45, 2.75) is 39.2 Å². The molecule has 0 radical (unpaired) electrons. The van der Waals surface area contributed by atoms with Gasteiger partial charge in [0.25, 0.3) is 11.8 Å². The van der Waals surface area contributed by atoms with Gasteiger partial charge in [-0.25, -0.2) is 0 Å². The van der Waals surface area contributed by atoms with Gasteiger partial charge in [-0.1, -0.05) is 36.4 Å². The second-order valence-electron chi connectivity index (χ2n) is 10.7. The number of nitrogens with one attached hydrogen (secondary N) is 2. The number of carbonyl (C=O) groups is 2. The van der Waals surface area contributed by atoms with E-state index < -0.39 is 0 Å². The number of carbonyl (C=O) groups excluding carboxylic acids is 2. The van der Waals surface area contributed by atoms with Crippen molar-refractivity contribution in [3.63, 3.8) is 0 Å². The van der Waals surface area contributed by atoms with E-state index in [4.69, 9.17) is 0 Å². The molecule has 0 atom stereocenters. The van der Waals surface area contributed by atoms with Gasteiger partial charge in [-0.2, -0.15) is 0 Å². The van der Waals surface area contributed by atoms with Crippen LogP contribution in [0, 0.1) is 13.8 Å². The first-order chi connectivity index (χ1) is 18.2. The zero-order valence-corrected chi connectivity index (χ0v) is 22.6. The third-order valence-electron chi connectivity index (χ3n) is 7.64. The standard InChI is InChI=1S/C31H36N4O3/c1-19-27(32-20(2)28(19)31(38)35-15-12-23(36)13-16-35)18-25-29-24(9-6-10-26(29)33-30(25)37)22-8-5-7-21(17-22)11-14-34(3)4/h5-10,17-18,23,32,36H,11-16H2,1-4H3,(H,33,37)/b25-18-. The van der Waals surface area contributed by atoms with Crippen molar-refractivity contribution in [2.24, 2.45) is 0 Å². The van der Waals surface area contributed by atoms with Crippen molar-refractivity contribution < 1.29 is 14.7 Å². The number of hydrogen-bond acceptors (Lipinski definition) is 4. The predicted octanol–water partition coefficient (Wildman–Crippen LogP) is 4.49. The summed E-state index contributed by atoms with van der Waals surface area (Å²) in [7, 11) is 4.14. The highest BCUT2D eigenvalue weighted by Crippen LogP contribution is 2.41. The first-order valence-electron chi connectivity index (χ1n) is 13.3. The summed E-state index contributed by atoms with van der Waals surface area (Å²) in [4.78, 5) is 33.9. The van der Waals surface area contributed by atoms with Gasteiger partial charge in [0.15, 0.2) is 0 Å². The summed E-state index contributed by atoms with van der Waals surface area (Å²) in [5, 5.41) is 12.9. The zero-order chi connectivity index (χ0) is 27.0. The smallest absolute Gasteiger partial charge is 0.256 e. The minimum Gasteiger partial charge on any atom is -0.393 e. The largest absolute Gasteiger partial charge is 0.393 e. The molecular formula is C31H36N4O3. The van der Waals surface area contributed by atoms with Gasteiger partial charge in [0.05, 0.1) is 17.2 Å². The summed E-state index contributed by atoms with van der Waals surface area (Å²) >= 11 is 0. The molecule has 0 bridgehead atoms. The Labute approximate surface area is 224 Å². The number of piperidine rings is 1. The monoisotopic (exact) mass is 512 g/mol. The lowest BCUT2D eigenvalue weighted by Gasteiger charge is -2.29. The molecule has 0 unspecified atom stereocenters. The van der Waals surface area contributed by atoms with Crippen LogP contribution in [-0.2, 0) is 11.2 Å². The molecule has 1 aromatic heterocycles. The van der Waals surface area contributed by atoms with E-state index in [2.05, 4.69) is 59.6 Å². The van der Waals surface area contributed by atoms with E-state index in [9.17, 15) is 14.7 Å². The van der Waals surface area contributed by atoms with E-state index in [0.29, 0.717) is 37.1 Å². The van der Waals surface area contributed by atoms with E-state index in [1.165, 1.54) is 5.56 Å². The predicted molar refractivity (Wildman–Crippen MR) is 152 cm³/mol. The lowest BCUT2D eigenvalue weighted by atomic mass is 9.93. The SMILES string of the molecule is Cc1[nH]c(/C=C2\C(=O)Nc3cccc(-c4cccc(CCN(C)C)c4)c32)c(C)c1C(=O)N1CCC(O)CC1. The number of anilines is 1. The second-order valence-corrected chi connectivity index (χ2v) is 10.7. The fourth-order valence-electron chi connectivity index (χ4n) is 5.49. The van der Waals surface area contributed by atoms with Crippen LogP contribution in [0.1, 0.15) is 51.3 Å². The minimum atomic E-state index is -0.336. The van der Waals surface area contributed by atoms with Crippen molar-refractivity contribution in [1.29, 1.82) is 0 Å². The van der Waals surface area contributed by atoms with Crippen molar-refractivity contribution in [2.75, 3.05) is 39.0 Å². The molecule has 2 aliphatic heterocycles. The number of amides is 2. The molecule has 1 fully saturated rings. The number of aryl methyl sites for hydroxylation is 1. The Morgan fingerprint density at radius 1 is 1.13 bits per heavy atom. The number of likely N-dealkylation sites (tertiary alicyclic amines) is 1. The number of fused-ring (bicyclic) bond motifs is 1. The van der Waals surface area contributed by atoms with E-state index >= 15 is 0 Å². The summed E-state index contributed by atoms with van der Waals surface area (Å²) in [6.45, 7) is 5.89. The quantitative estimate of drug-likeness (QED) is 0.425. The number of aromatic amines is 1. The molecule has 7 nitrogen and oxygen atoms in total. The van der Waals surface area contributed by atoms with Gasteiger partial charge in [0, 0.05) is 42.3 Å². The maximum absolute atomic E-state index is 13.3. The van der Waals surface area contributed by atoms with Gasteiger partial charge in [0.2, 0.25) is 0 Å². The molecule has 3 N–H and O–H groups in total. The molecule has 0 spiro atoms. The molecule has 2 aliphatic rings. The maximum Gasteiger partial charge on any atom is 0.256 e. The van der Waals surface area contributed by atoms with Crippen molar-refractivity contribution >= 4 is 29.2 Å². The molecule has 1 saturated heterocycles. The third kappa shape index (κ3) is 5.04. The normalized spacial score (nSPS) is 16.8. The Hall–Kier alpha value is -3.68. The first-order valence-corrected chi connectivity index (χ1v) is 13.3. The molecule has 38 heavy (non-hydrogen) atoms. The van der Waals surface area contributed by atoms with E-state index in [1.54, 1.807) is 0 Å². The van der Waals surface area contributed by atoms with Gasteiger partial charge in [0.1, 0.15) is 0 Å². The fourth-order valence-corrected chi connectivity index (χ4v) is 5.49. The fraction of sp³-hybridized carbons (Fsp3) is 0.355. The van der Waals surface area contributed by atoms with Crippen LogP contribution in [0.3, 0.4) is 0 Å². The average Bonchev–Trinajstić information content (AvgIpc) is 3.37. The van der Waals surface area contributed by atoms with Gasteiger partial charge >= 0.3 is 0 Å². The number of rotatable bonds is 6. The van der Waals surface area contributed by atoms with Crippen molar-refractivity contribution in [3.05, 3.63) is 76.1 Å². The molecule has 3 aromatic rings. The molecule has 3 heterocycles. The number of aliphatic hydroxyl groups excluding tert-OH is 1. The maximum atomic E-state index is 13.3. The van der Waals surface area contributed by atoms with Crippen LogP contribution >= 0.6 is 0 Å². The van der Waals surface area contributed by atoms with Crippen LogP contribution < -0.4 is 5.32 Å². The Balaban J connectivity index is 1.51. The molecule has 0 saturated carbocycles. The molecule has 5 rings (SSSR count). The zero-order valence-electron chi connectivity index (χ0n) is 22.6. The van der Waals surface area contributed by atoms with E-state index in [1.807, 2.05) is 37.0 Å². The molecular weight excluding hydrogens is 476 g/mol. The molecule has 198 valence electrons. The summed E-state index contributed by atoms with van der Waals surface area (Å²) < 4.78 is 0. The van der Waals surface area contributed by atoms with Crippen LogP contribution in [0.5, 0.6) is 0 Å². The number of aromatic nitrogens is 1. The number of H-pyrrole nitrogens is 1. The Kier molecular flexibility index (Phi) is 7.23. The average molecular weight is 513 g/mol. The van der Waals surface area contributed by atoms with E-state index in [0.717, 1.165) is 52.3 Å². The number of benzene rings is 2. The highest BCUT2D eigenvalue weighted by atomic mass is 16.3. The van der Waals surface area contributed by atoms with Crippen LogP contribution in [0.25, 0.3) is 22.8 Å². The van der Waals surface area contributed by atoms with Gasteiger partial charge in [-0.05, 0) is 81.6 Å². The van der Waals surface area contributed by atoms with Crippen LogP contribution in [0.4, 0.5) is 5.69 Å². The first kappa shape index (κ1) is 25.9. The topological polar surface area (TPSA) is 88.7 Å². The number of nitrogens with zero attached hydrogens (tertiary/aromatic N) is 2. The molecule has 2 amide bonds. The molecule has 2 aromatic carbocycles. The highest BCUT2D eigenvalue weighted by Gasteiger charge is 2.30. The lowest BCUT2D eigenvalue weighted by Crippen LogP contribution is -2.40. The summed E-state index contributed by atoms with van der Waals surface area (Å²) in [6.07, 6.45) is 3.68. The van der Waals surface area contributed by atoms with Crippen molar-refractivity contribution in [3.8, 4) is 11.1 Å². The second kappa shape index (κ2) is 10.6. The van der Waals surface area contributed by atoms with Crippen LogP contribution in [0.15, 0.2) is 42.5 Å². The number of hydrogen-bond donors (Lipinski definition) is 3. The summed E-state index contributed by atoms with van der Waals surface area (Å²) in [6, 6.07) is 14.5. The molecule has 0 aliphatic carbocycles. The number of aliphatic hydroxyl groups is 1. The Bertz CT molecular complexity index is 1410. The Morgan fingerprint density at radius 3 is 2.61 bits per heavy atom. The van der Waals surface area contributed by atoms with Gasteiger partial charge in [-0.3, -0.25) is 9.59 Å².